The summed E-state index contributed by atoms with van der Waals surface area (Å²) >= 11 is 0. The van der Waals surface area contributed by atoms with Crippen molar-refractivity contribution in [2.24, 2.45) is 0 Å². The van der Waals surface area contributed by atoms with Crippen molar-refractivity contribution in [2.75, 3.05) is 19.6 Å². The molecule has 0 aliphatic carbocycles. The van der Waals surface area contributed by atoms with Crippen molar-refractivity contribution in [2.45, 2.75) is 71.1 Å². The minimum atomic E-state index is 1.26. The number of likely N-dealkylation sites (tertiary alicyclic amines) is 1. The van der Waals surface area contributed by atoms with Gasteiger partial charge < -0.3 is 0 Å². The molecule has 0 amide bonds. The van der Waals surface area contributed by atoms with E-state index in [0.29, 0.717) is 0 Å². The Hall–Kier alpha value is -0.820. The molecule has 1 nitrogen and oxygen atoms in total. The highest BCUT2D eigenvalue weighted by Gasteiger charge is 2.33. The van der Waals surface area contributed by atoms with Gasteiger partial charge in [0.1, 0.15) is 5.69 Å². The van der Waals surface area contributed by atoms with E-state index in [4.69, 9.17) is 0 Å². The number of para-hydroxylation sites is 1. The van der Waals surface area contributed by atoms with E-state index in [1.165, 1.54) is 88.3 Å². The first-order valence-electron chi connectivity index (χ1n) is 9.29. The van der Waals surface area contributed by atoms with Gasteiger partial charge in [0.15, 0.2) is 0 Å². The fourth-order valence-corrected chi connectivity index (χ4v) is 3.84. The van der Waals surface area contributed by atoms with Crippen LogP contribution in [-0.2, 0) is 0 Å². The van der Waals surface area contributed by atoms with E-state index in [2.05, 4.69) is 37.3 Å². The number of hydrogen-bond acceptors (Lipinski definition) is 0. The van der Waals surface area contributed by atoms with Crippen LogP contribution in [0, 0.1) is 0 Å². The highest BCUT2D eigenvalue weighted by Crippen LogP contribution is 2.30. The molecule has 0 radical (unpaired) electrons. The highest BCUT2D eigenvalue weighted by atomic mass is 15.4. The van der Waals surface area contributed by atoms with Gasteiger partial charge in [0.25, 0.3) is 0 Å². The second kappa shape index (κ2) is 9.25. The van der Waals surface area contributed by atoms with Crippen LogP contribution in [-0.4, -0.2) is 19.6 Å². The predicted molar refractivity (Wildman–Crippen MR) is 94.7 cm³/mol. The Labute approximate surface area is 132 Å². The number of unbranched alkanes of at least 4 members (excludes halogenated alkanes) is 7. The summed E-state index contributed by atoms with van der Waals surface area (Å²) in [7, 11) is 0. The summed E-state index contributed by atoms with van der Waals surface area (Å²) in [4.78, 5) is 0. The Morgan fingerprint density at radius 1 is 0.762 bits per heavy atom. The molecule has 1 aromatic carbocycles. The maximum atomic E-state index is 2.34. The zero-order chi connectivity index (χ0) is 14.8. The number of rotatable bonds is 10. The van der Waals surface area contributed by atoms with Crippen LogP contribution < -0.4 is 4.48 Å². The summed E-state index contributed by atoms with van der Waals surface area (Å²) in [5.74, 6) is 0. The van der Waals surface area contributed by atoms with Crippen LogP contribution in [0.5, 0.6) is 0 Å². The van der Waals surface area contributed by atoms with Crippen molar-refractivity contribution in [3.8, 4) is 0 Å². The molecule has 0 spiro atoms. The topological polar surface area (TPSA) is 0 Å². The third kappa shape index (κ3) is 5.14. The molecule has 0 saturated carbocycles. The van der Waals surface area contributed by atoms with E-state index >= 15 is 0 Å². The SMILES string of the molecule is CCCCCCCCCC[N+]1(c2ccccc2)CCCC1. The third-order valence-electron chi connectivity index (χ3n) is 5.17. The molecule has 21 heavy (non-hydrogen) atoms. The Morgan fingerprint density at radius 3 is 1.95 bits per heavy atom. The summed E-state index contributed by atoms with van der Waals surface area (Å²) in [6, 6.07) is 11.3. The first-order chi connectivity index (χ1) is 10.4. The molecular weight excluding hydrogens is 254 g/mol. The van der Waals surface area contributed by atoms with Crippen molar-refractivity contribution in [1.29, 1.82) is 0 Å². The van der Waals surface area contributed by atoms with E-state index < -0.39 is 0 Å². The molecule has 1 heteroatoms. The second-order valence-corrected chi connectivity index (χ2v) is 6.83. The third-order valence-corrected chi connectivity index (χ3v) is 5.17. The van der Waals surface area contributed by atoms with Gasteiger partial charge in [-0.05, 0) is 25.0 Å². The summed E-state index contributed by atoms with van der Waals surface area (Å²) in [6.45, 7) is 6.38. The van der Waals surface area contributed by atoms with Crippen LogP contribution in [0.1, 0.15) is 71.1 Å². The van der Waals surface area contributed by atoms with Crippen molar-refractivity contribution in [3.05, 3.63) is 30.3 Å². The zero-order valence-electron chi connectivity index (χ0n) is 14.0. The van der Waals surface area contributed by atoms with Gasteiger partial charge in [-0.3, -0.25) is 4.48 Å². The van der Waals surface area contributed by atoms with Gasteiger partial charge in [-0.15, -0.1) is 0 Å². The monoisotopic (exact) mass is 288 g/mol. The first kappa shape index (κ1) is 16.5. The molecular formula is C20H34N+. The van der Waals surface area contributed by atoms with Gasteiger partial charge in [-0.1, -0.05) is 63.6 Å². The normalized spacial score (nSPS) is 17.2. The van der Waals surface area contributed by atoms with Crippen molar-refractivity contribution in [3.63, 3.8) is 0 Å². The fourth-order valence-electron chi connectivity index (χ4n) is 3.84. The molecule has 1 aliphatic rings. The lowest BCUT2D eigenvalue weighted by atomic mass is 10.1. The summed E-state index contributed by atoms with van der Waals surface area (Å²) in [5, 5.41) is 0. The lowest BCUT2D eigenvalue weighted by Crippen LogP contribution is -2.47. The van der Waals surface area contributed by atoms with Crippen molar-refractivity contribution < 1.29 is 0 Å². The van der Waals surface area contributed by atoms with E-state index in [9.17, 15) is 0 Å². The number of hydrogen-bond donors (Lipinski definition) is 0. The minimum absolute atomic E-state index is 1.26. The molecule has 0 unspecified atom stereocenters. The van der Waals surface area contributed by atoms with Crippen LogP contribution in [0.15, 0.2) is 30.3 Å². The van der Waals surface area contributed by atoms with Crippen LogP contribution in [0.2, 0.25) is 0 Å². The quantitative estimate of drug-likeness (QED) is 0.370. The maximum absolute atomic E-state index is 2.34. The predicted octanol–water partition coefficient (Wildman–Crippen LogP) is 5.93. The Kier molecular flexibility index (Phi) is 7.29. The molecule has 1 heterocycles. The average Bonchev–Trinajstić information content (AvgIpc) is 3.01. The second-order valence-electron chi connectivity index (χ2n) is 6.83. The smallest absolute Gasteiger partial charge is 0.132 e. The summed E-state index contributed by atoms with van der Waals surface area (Å²) in [6.07, 6.45) is 14.2. The molecule has 0 atom stereocenters. The molecule has 1 saturated heterocycles. The maximum Gasteiger partial charge on any atom is 0.132 e. The summed E-state index contributed by atoms with van der Waals surface area (Å²) < 4.78 is 1.26. The average molecular weight is 288 g/mol. The Morgan fingerprint density at radius 2 is 1.33 bits per heavy atom. The lowest BCUT2D eigenvalue weighted by molar-refractivity contribution is 0.322. The van der Waals surface area contributed by atoms with Gasteiger partial charge in [0, 0.05) is 12.8 Å². The number of nitrogens with zero attached hydrogens (tertiary/aromatic N) is 1. The molecule has 1 aromatic rings. The molecule has 0 bridgehead atoms. The van der Waals surface area contributed by atoms with Gasteiger partial charge in [-0.25, -0.2) is 0 Å². The zero-order valence-corrected chi connectivity index (χ0v) is 14.0. The molecule has 0 aromatic heterocycles. The lowest BCUT2D eigenvalue weighted by Gasteiger charge is -2.34. The van der Waals surface area contributed by atoms with Gasteiger partial charge in [-0.2, -0.15) is 0 Å². The largest absolute Gasteiger partial charge is 0.291 e. The van der Waals surface area contributed by atoms with E-state index in [1.807, 2.05) is 0 Å². The Bertz CT molecular complexity index is 365. The number of quaternary nitrogens is 1. The van der Waals surface area contributed by atoms with Crippen LogP contribution in [0.3, 0.4) is 0 Å². The molecule has 0 N–H and O–H groups in total. The van der Waals surface area contributed by atoms with Crippen molar-refractivity contribution in [1.82, 2.24) is 4.48 Å². The standard InChI is InChI=1S/C20H34N/c1-2-3-4-5-6-7-8-12-17-21(18-13-14-19-21)20-15-10-9-11-16-20/h9-11,15-16H,2-8,12-14,17-19H2,1H3/q+1. The molecule has 1 aliphatic heterocycles. The van der Waals surface area contributed by atoms with Gasteiger partial charge in [0.2, 0.25) is 0 Å². The van der Waals surface area contributed by atoms with Crippen LogP contribution in [0.4, 0.5) is 5.69 Å². The molecule has 1 fully saturated rings. The Balaban J connectivity index is 1.70. The fraction of sp³-hybridized carbons (Fsp3) is 0.700. The molecule has 2 rings (SSSR count). The van der Waals surface area contributed by atoms with E-state index in [1.54, 1.807) is 5.69 Å². The van der Waals surface area contributed by atoms with Crippen LogP contribution >= 0.6 is 0 Å². The highest BCUT2D eigenvalue weighted by molar-refractivity contribution is 5.43. The van der Waals surface area contributed by atoms with E-state index in [-0.39, 0.29) is 0 Å². The minimum Gasteiger partial charge on any atom is -0.291 e. The van der Waals surface area contributed by atoms with Crippen LogP contribution in [0.25, 0.3) is 0 Å². The van der Waals surface area contributed by atoms with Gasteiger partial charge >= 0.3 is 0 Å². The van der Waals surface area contributed by atoms with Crippen molar-refractivity contribution >= 4 is 5.69 Å². The van der Waals surface area contributed by atoms with Gasteiger partial charge in [0.05, 0.1) is 19.6 Å². The van der Waals surface area contributed by atoms with E-state index in [0.717, 1.165) is 0 Å². The number of benzene rings is 1. The first-order valence-corrected chi connectivity index (χ1v) is 9.29. The summed E-state index contributed by atoms with van der Waals surface area (Å²) in [5.41, 5.74) is 1.55. The molecule has 118 valence electrons.